The molecule has 1 N–H and O–H groups in total. The first-order valence-corrected chi connectivity index (χ1v) is 11.6. The zero-order chi connectivity index (χ0) is 21.6. The van der Waals surface area contributed by atoms with Crippen LogP contribution in [0.4, 0.5) is 5.69 Å². The van der Waals surface area contributed by atoms with Gasteiger partial charge in [0.1, 0.15) is 0 Å². The number of carbonyl (C=O) groups is 1. The molecule has 162 valence electrons. The average molecular weight is 416 g/mol. The molecule has 2 aromatic carbocycles. The van der Waals surface area contributed by atoms with Crippen molar-refractivity contribution in [3.8, 4) is 0 Å². The highest BCUT2D eigenvalue weighted by Gasteiger charge is 2.60. The Labute approximate surface area is 185 Å². The number of hydrogen-bond acceptors (Lipinski definition) is 3. The molecule has 4 saturated carbocycles. The van der Waals surface area contributed by atoms with Gasteiger partial charge in [-0.05, 0) is 86.0 Å². The molecule has 4 nitrogen and oxygen atoms in total. The summed E-state index contributed by atoms with van der Waals surface area (Å²) in [4.78, 5) is 15.5. The molecule has 0 saturated heterocycles. The van der Waals surface area contributed by atoms with E-state index in [0.29, 0.717) is 11.8 Å². The summed E-state index contributed by atoms with van der Waals surface area (Å²) in [5.74, 6) is 1.45. The fourth-order valence-electron chi connectivity index (χ4n) is 6.92. The Hall–Kier alpha value is -2.62. The Morgan fingerprint density at radius 3 is 2.26 bits per heavy atom. The number of benzene rings is 2. The zero-order valence-corrected chi connectivity index (χ0v) is 18.9. The molecular formula is C27H33N3O. The van der Waals surface area contributed by atoms with Crippen LogP contribution in [0.5, 0.6) is 0 Å². The molecule has 0 aliphatic heterocycles. The summed E-state index contributed by atoms with van der Waals surface area (Å²) in [6.45, 7) is 2.14. The first-order valence-electron chi connectivity index (χ1n) is 11.6. The summed E-state index contributed by atoms with van der Waals surface area (Å²) in [6, 6.07) is 17.3. The zero-order valence-electron chi connectivity index (χ0n) is 18.9. The fourth-order valence-corrected chi connectivity index (χ4v) is 6.92. The highest BCUT2D eigenvalue weighted by Crippen LogP contribution is 2.65. The summed E-state index contributed by atoms with van der Waals surface area (Å²) in [5, 5.41) is 4.34. The van der Waals surface area contributed by atoms with Crippen LogP contribution in [0.15, 0.2) is 53.6 Å². The SMILES string of the molecule is Cc1ccc(C23CC4CC(CC(C(=O)N/N=C/c5ccc(N(C)C)cc5)(C4)C2)C3)cc1. The molecule has 0 radical (unpaired) electrons. The molecule has 1 amide bonds. The van der Waals surface area contributed by atoms with Gasteiger partial charge in [-0.1, -0.05) is 42.0 Å². The van der Waals surface area contributed by atoms with Gasteiger partial charge in [0.15, 0.2) is 0 Å². The molecule has 0 aromatic heterocycles. The molecule has 2 aromatic rings. The first kappa shape index (κ1) is 20.3. The van der Waals surface area contributed by atoms with E-state index >= 15 is 0 Å². The Bertz CT molecular complexity index is 976. The number of rotatable bonds is 5. The van der Waals surface area contributed by atoms with E-state index in [-0.39, 0.29) is 16.7 Å². The van der Waals surface area contributed by atoms with E-state index in [4.69, 9.17) is 0 Å². The second-order valence-corrected chi connectivity index (χ2v) is 10.6. The van der Waals surface area contributed by atoms with Crippen molar-refractivity contribution in [2.24, 2.45) is 22.4 Å². The van der Waals surface area contributed by atoms with E-state index in [0.717, 1.165) is 30.5 Å². The fraction of sp³-hybridized carbons (Fsp3) is 0.481. The highest BCUT2D eigenvalue weighted by atomic mass is 16.2. The Balaban J connectivity index is 1.33. The lowest BCUT2D eigenvalue weighted by atomic mass is 9.42. The summed E-state index contributed by atoms with van der Waals surface area (Å²) >= 11 is 0. The maximum Gasteiger partial charge on any atom is 0.246 e. The third kappa shape index (κ3) is 3.66. The predicted molar refractivity (Wildman–Crippen MR) is 126 cm³/mol. The van der Waals surface area contributed by atoms with E-state index in [2.05, 4.69) is 58.7 Å². The van der Waals surface area contributed by atoms with Gasteiger partial charge < -0.3 is 4.90 Å². The number of amides is 1. The van der Waals surface area contributed by atoms with Crippen LogP contribution in [0, 0.1) is 24.2 Å². The van der Waals surface area contributed by atoms with Gasteiger partial charge in [0, 0.05) is 19.8 Å². The maximum absolute atomic E-state index is 13.4. The molecule has 4 fully saturated rings. The summed E-state index contributed by atoms with van der Waals surface area (Å²) < 4.78 is 0. The van der Waals surface area contributed by atoms with Gasteiger partial charge >= 0.3 is 0 Å². The number of nitrogens with zero attached hydrogens (tertiary/aromatic N) is 2. The van der Waals surface area contributed by atoms with Crippen LogP contribution in [0.25, 0.3) is 0 Å². The molecule has 4 heteroatoms. The van der Waals surface area contributed by atoms with Crippen molar-refractivity contribution >= 4 is 17.8 Å². The number of anilines is 1. The molecule has 6 rings (SSSR count). The standard InChI is InChI=1S/C27H33N3O/c1-19-4-8-23(9-5-19)26-13-21-12-22(14-26)16-27(15-21,18-26)25(31)29-28-17-20-6-10-24(11-7-20)30(2)3/h4-11,17,21-22H,12-16,18H2,1-3H3,(H,29,31)/b28-17+. The van der Waals surface area contributed by atoms with Crippen molar-refractivity contribution in [2.75, 3.05) is 19.0 Å². The van der Waals surface area contributed by atoms with E-state index in [9.17, 15) is 4.79 Å². The van der Waals surface area contributed by atoms with Crippen LogP contribution < -0.4 is 10.3 Å². The third-order valence-corrected chi connectivity index (χ3v) is 8.00. The second kappa shape index (κ2) is 7.51. The van der Waals surface area contributed by atoms with Gasteiger partial charge in [-0.15, -0.1) is 0 Å². The summed E-state index contributed by atoms with van der Waals surface area (Å²) in [7, 11) is 4.05. The lowest BCUT2D eigenvalue weighted by molar-refractivity contribution is -0.149. The van der Waals surface area contributed by atoms with Gasteiger partial charge in [-0.2, -0.15) is 5.10 Å². The maximum atomic E-state index is 13.4. The van der Waals surface area contributed by atoms with Crippen molar-refractivity contribution in [2.45, 2.75) is 50.9 Å². The van der Waals surface area contributed by atoms with Gasteiger partial charge in [0.25, 0.3) is 0 Å². The number of aryl methyl sites for hydroxylation is 1. The second-order valence-electron chi connectivity index (χ2n) is 10.6. The largest absolute Gasteiger partial charge is 0.378 e. The smallest absolute Gasteiger partial charge is 0.246 e. The molecule has 4 aliphatic carbocycles. The molecule has 4 bridgehead atoms. The Morgan fingerprint density at radius 1 is 1.00 bits per heavy atom. The van der Waals surface area contributed by atoms with Crippen molar-refractivity contribution in [1.82, 2.24) is 5.43 Å². The molecule has 2 atom stereocenters. The van der Waals surface area contributed by atoms with Crippen LogP contribution in [0.2, 0.25) is 0 Å². The van der Waals surface area contributed by atoms with Crippen molar-refractivity contribution in [1.29, 1.82) is 0 Å². The van der Waals surface area contributed by atoms with Crippen molar-refractivity contribution < 1.29 is 4.79 Å². The van der Waals surface area contributed by atoms with Gasteiger partial charge in [0.05, 0.1) is 11.6 Å². The highest BCUT2D eigenvalue weighted by molar-refractivity contribution is 5.86. The molecular weight excluding hydrogens is 382 g/mol. The van der Waals surface area contributed by atoms with Crippen molar-refractivity contribution in [3.05, 3.63) is 65.2 Å². The molecule has 2 unspecified atom stereocenters. The van der Waals surface area contributed by atoms with E-state index < -0.39 is 0 Å². The monoisotopic (exact) mass is 415 g/mol. The van der Waals surface area contributed by atoms with E-state index in [1.54, 1.807) is 6.21 Å². The van der Waals surface area contributed by atoms with Gasteiger partial charge in [-0.25, -0.2) is 5.43 Å². The lowest BCUT2D eigenvalue weighted by Gasteiger charge is -2.61. The van der Waals surface area contributed by atoms with E-state index in [1.165, 1.54) is 30.4 Å². The van der Waals surface area contributed by atoms with E-state index in [1.807, 2.05) is 26.2 Å². The normalized spacial score (nSPS) is 31.2. The average Bonchev–Trinajstić information content (AvgIpc) is 2.73. The first-order chi connectivity index (χ1) is 14.9. The lowest BCUT2D eigenvalue weighted by Crippen LogP contribution is -2.58. The minimum absolute atomic E-state index is 0.124. The third-order valence-electron chi connectivity index (χ3n) is 8.00. The van der Waals surface area contributed by atoms with Crippen molar-refractivity contribution in [3.63, 3.8) is 0 Å². The number of nitrogens with one attached hydrogen (secondary N) is 1. The summed E-state index contributed by atoms with van der Waals surface area (Å²) in [6.07, 6.45) is 8.55. The summed E-state index contributed by atoms with van der Waals surface area (Å²) in [5.41, 5.74) is 7.71. The van der Waals surface area contributed by atoms with Crippen LogP contribution in [-0.4, -0.2) is 26.2 Å². The van der Waals surface area contributed by atoms with Crippen LogP contribution in [0.1, 0.15) is 55.2 Å². The van der Waals surface area contributed by atoms with Crippen LogP contribution >= 0.6 is 0 Å². The molecule has 4 aliphatic rings. The predicted octanol–water partition coefficient (Wildman–Crippen LogP) is 5.05. The topological polar surface area (TPSA) is 44.7 Å². The number of hydrogen-bond donors (Lipinski definition) is 1. The minimum Gasteiger partial charge on any atom is -0.378 e. The Kier molecular flexibility index (Phi) is 4.91. The minimum atomic E-state index is -0.263. The van der Waals surface area contributed by atoms with Gasteiger partial charge in [-0.3, -0.25) is 4.79 Å². The molecule has 0 heterocycles. The quantitative estimate of drug-likeness (QED) is 0.549. The van der Waals surface area contributed by atoms with Crippen LogP contribution in [-0.2, 0) is 10.2 Å². The number of hydrazone groups is 1. The molecule has 0 spiro atoms. The Morgan fingerprint density at radius 2 is 1.65 bits per heavy atom. The van der Waals surface area contributed by atoms with Gasteiger partial charge in [0.2, 0.25) is 5.91 Å². The molecule has 31 heavy (non-hydrogen) atoms. The van der Waals surface area contributed by atoms with Crippen LogP contribution in [0.3, 0.4) is 0 Å². The number of carbonyl (C=O) groups excluding carboxylic acids is 1.